The molecule has 4 saturated carbocycles. The van der Waals surface area contributed by atoms with Gasteiger partial charge in [-0.2, -0.15) is 0 Å². The van der Waals surface area contributed by atoms with Gasteiger partial charge in [0.15, 0.2) is 0 Å². The number of para-hydroxylation sites is 5. The summed E-state index contributed by atoms with van der Waals surface area (Å²) in [5, 5.41) is 4.87. The summed E-state index contributed by atoms with van der Waals surface area (Å²) in [6.45, 7) is 0. The van der Waals surface area contributed by atoms with Crippen molar-refractivity contribution in [3.8, 4) is 27.9 Å². The number of rotatable bonds is 7. The van der Waals surface area contributed by atoms with Crippen LogP contribution < -0.4 is 4.90 Å². The summed E-state index contributed by atoms with van der Waals surface area (Å²) >= 11 is 0. The van der Waals surface area contributed by atoms with Gasteiger partial charge in [-0.25, -0.2) is 0 Å². The maximum atomic E-state index is 6.18. The molecule has 0 bridgehead atoms. The van der Waals surface area contributed by atoms with E-state index in [1.165, 1.54) is 92.5 Å². The van der Waals surface area contributed by atoms with E-state index >= 15 is 0 Å². The molecular formula is C58H44N2O. The number of hydrogen-bond acceptors (Lipinski definition) is 2. The van der Waals surface area contributed by atoms with Crippen LogP contribution in [0.15, 0.2) is 192 Å². The summed E-state index contributed by atoms with van der Waals surface area (Å²) < 4.78 is 8.62. The van der Waals surface area contributed by atoms with Crippen molar-refractivity contribution in [1.82, 2.24) is 4.57 Å². The van der Waals surface area contributed by atoms with Crippen molar-refractivity contribution in [3.05, 3.63) is 194 Å². The van der Waals surface area contributed by atoms with Crippen molar-refractivity contribution in [3.63, 3.8) is 0 Å². The normalized spacial score (nSPS) is 23.4. The molecule has 0 spiro atoms. The Morgan fingerprint density at radius 3 is 1.85 bits per heavy atom. The first-order valence-corrected chi connectivity index (χ1v) is 22.3. The molecule has 2 aromatic heterocycles. The predicted molar refractivity (Wildman–Crippen MR) is 251 cm³/mol. The third-order valence-corrected chi connectivity index (χ3v) is 15.8. The molecule has 3 unspecified atom stereocenters. The minimum atomic E-state index is 0.296. The Bertz CT molecular complexity index is 3320. The Morgan fingerprint density at radius 2 is 1.07 bits per heavy atom. The molecular weight excluding hydrogens is 741 g/mol. The molecule has 292 valence electrons. The standard InChI is InChI=1S/C58H44N2O/c1-6-16-50(60-51-17-7-2-12-45(51)46-13-3-8-18-52(46)60)44(11-1)37-23-28-43(29-24-37)59(53-19-9-5-15-49(53)58-34-40-31-39-32-41(35-58)57(58)56(39)40)42-26-21-36(22-27-42)38-25-30-55-48(33-38)47-14-4-10-20-54(47)61-55/h1-30,33,39-41,56-57H,31-32,34-35H2/t39-,40?,41?,56+,57?,58-/m1/s1. The smallest absolute Gasteiger partial charge is 0.135 e. The van der Waals surface area contributed by atoms with E-state index in [1.54, 1.807) is 5.56 Å². The fraction of sp³-hybridized carbons (Fsp3) is 0.172. The molecule has 2 heterocycles. The molecule has 0 N–H and O–H groups in total. The monoisotopic (exact) mass is 784 g/mol. The summed E-state index contributed by atoms with van der Waals surface area (Å²) in [5.74, 6) is 4.63. The highest BCUT2D eigenvalue weighted by atomic mass is 16.3. The molecule has 3 heteroatoms. The van der Waals surface area contributed by atoms with Crippen LogP contribution in [0.2, 0.25) is 0 Å². The lowest BCUT2D eigenvalue weighted by atomic mass is 9.53. The van der Waals surface area contributed by atoms with Crippen LogP contribution in [-0.4, -0.2) is 4.57 Å². The fourth-order valence-corrected chi connectivity index (χ4v) is 13.5. The fourth-order valence-electron chi connectivity index (χ4n) is 13.5. The van der Waals surface area contributed by atoms with Gasteiger partial charge >= 0.3 is 0 Å². The average Bonchev–Trinajstić information content (AvgIpc) is 3.97. The summed E-state index contributed by atoms with van der Waals surface area (Å²) in [5.41, 5.74) is 15.9. The molecule has 4 aliphatic carbocycles. The van der Waals surface area contributed by atoms with Gasteiger partial charge in [0.25, 0.3) is 0 Å². The van der Waals surface area contributed by atoms with Crippen molar-refractivity contribution in [2.75, 3.05) is 4.90 Å². The molecule has 3 nitrogen and oxygen atoms in total. The second-order valence-electron chi connectivity index (χ2n) is 18.6. The first-order valence-electron chi connectivity index (χ1n) is 22.3. The van der Waals surface area contributed by atoms with E-state index in [1.807, 2.05) is 6.07 Å². The van der Waals surface area contributed by atoms with Crippen molar-refractivity contribution < 1.29 is 4.42 Å². The van der Waals surface area contributed by atoms with Crippen LogP contribution in [0.1, 0.15) is 31.2 Å². The zero-order valence-corrected chi connectivity index (χ0v) is 33.9. The molecule has 0 amide bonds. The van der Waals surface area contributed by atoms with Gasteiger partial charge in [0.05, 0.1) is 16.7 Å². The summed E-state index contributed by atoms with van der Waals surface area (Å²) in [7, 11) is 0. The Hall–Kier alpha value is -6.84. The number of furan rings is 1. The van der Waals surface area contributed by atoms with Crippen LogP contribution in [0.5, 0.6) is 0 Å². The van der Waals surface area contributed by atoms with Gasteiger partial charge in [0.1, 0.15) is 11.2 Å². The lowest BCUT2D eigenvalue weighted by Crippen LogP contribution is -2.47. The van der Waals surface area contributed by atoms with E-state index in [0.29, 0.717) is 5.41 Å². The minimum absolute atomic E-state index is 0.296. The largest absolute Gasteiger partial charge is 0.456 e. The summed E-state index contributed by atoms with van der Waals surface area (Å²) in [6.07, 6.45) is 5.65. The van der Waals surface area contributed by atoms with Crippen molar-refractivity contribution >= 4 is 60.8 Å². The minimum Gasteiger partial charge on any atom is -0.456 e. The van der Waals surface area contributed by atoms with Crippen LogP contribution in [0.3, 0.4) is 0 Å². The van der Waals surface area contributed by atoms with Gasteiger partial charge in [-0.3, -0.25) is 0 Å². The number of benzene rings is 8. The maximum Gasteiger partial charge on any atom is 0.135 e. The number of fused-ring (bicyclic) bond motifs is 6. The lowest BCUT2D eigenvalue weighted by molar-refractivity contribution is 0.0688. The highest BCUT2D eigenvalue weighted by molar-refractivity contribution is 6.10. The van der Waals surface area contributed by atoms with E-state index in [0.717, 1.165) is 51.5 Å². The van der Waals surface area contributed by atoms with Crippen LogP contribution in [-0.2, 0) is 5.41 Å². The number of nitrogens with zero attached hydrogens (tertiary/aromatic N) is 2. The van der Waals surface area contributed by atoms with E-state index in [4.69, 9.17) is 4.42 Å². The zero-order chi connectivity index (χ0) is 39.8. The van der Waals surface area contributed by atoms with Crippen molar-refractivity contribution in [2.45, 2.75) is 31.1 Å². The molecule has 61 heavy (non-hydrogen) atoms. The summed E-state index contributed by atoms with van der Waals surface area (Å²) in [6, 6.07) is 69.5. The Kier molecular flexibility index (Phi) is 7.01. The van der Waals surface area contributed by atoms with E-state index in [-0.39, 0.29) is 0 Å². The molecule has 4 aliphatic rings. The molecule has 4 fully saturated rings. The van der Waals surface area contributed by atoms with Crippen molar-refractivity contribution in [1.29, 1.82) is 0 Å². The van der Waals surface area contributed by atoms with Crippen molar-refractivity contribution in [2.24, 2.45) is 29.6 Å². The average molecular weight is 785 g/mol. The van der Waals surface area contributed by atoms with Gasteiger partial charge in [0.2, 0.25) is 0 Å². The molecule has 14 rings (SSSR count). The molecule has 10 aromatic rings. The summed E-state index contributed by atoms with van der Waals surface area (Å²) in [4.78, 5) is 2.56. The van der Waals surface area contributed by atoms with Gasteiger partial charge in [-0.05, 0) is 144 Å². The van der Waals surface area contributed by atoms with Crippen LogP contribution in [0.4, 0.5) is 17.1 Å². The quantitative estimate of drug-likeness (QED) is 0.161. The molecule has 0 saturated heterocycles. The Balaban J connectivity index is 0.893. The van der Waals surface area contributed by atoms with Gasteiger partial charge in [0, 0.05) is 49.6 Å². The van der Waals surface area contributed by atoms with E-state index in [9.17, 15) is 0 Å². The lowest BCUT2D eigenvalue weighted by Gasteiger charge is -2.52. The van der Waals surface area contributed by atoms with Crippen LogP contribution in [0, 0.1) is 29.6 Å². The molecule has 0 aliphatic heterocycles. The van der Waals surface area contributed by atoms with Crippen LogP contribution in [0.25, 0.3) is 71.7 Å². The second-order valence-corrected chi connectivity index (χ2v) is 18.6. The third-order valence-electron chi connectivity index (χ3n) is 15.8. The van der Waals surface area contributed by atoms with E-state index in [2.05, 4.69) is 191 Å². The molecule has 0 radical (unpaired) electrons. The number of aromatic nitrogens is 1. The molecule has 8 aromatic carbocycles. The van der Waals surface area contributed by atoms with E-state index < -0.39 is 0 Å². The highest BCUT2D eigenvalue weighted by Gasteiger charge is 2.73. The van der Waals surface area contributed by atoms with Crippen LogP contribution >= 0.6 is 0 Å². The SMILES string of the molecule is c1ccc(-n2c3ccccc3c3ccccc32)c(-c2ccc(N(c3ccc(-c4ccc5oc6ccccc6c5c4)cc3)c3ccccc3[C@]34CC5C[C@H]6CC(C3)[C@H]6C54)cc2)c1. The first-order chi connectivity index (χ1) is 30.2. The highest BCUT2D eigenvalue weighted by Crippen LogP contribution is 2.79. The van der Waals surface area contributed by atoms with Gasteiger partial charge in [-0.15, -0.1) is 0 Å². The number of anilines is 3. The second kappa shape index (κ2) is 12.6. The molecule has 6 atom stereocenters. The topological polar surface area (TPSA) is 21.3 Å². The van der Waals surface area contributed by atoms with Gasteiger partial charge in [-0.1, -0.05) is 121 Å². The first kappa shape index (κ1) is 33.9. The zero-order valence-electron chi connectivity index (χ0n) is 33.9. The number of hydrogen-bond donors (Lipinski definition) is 0. The maximum absolute atomic E-state index is 6.18. The van der Waals surface area contributed by atoms with Gasteiger partial charge < -0.3 is 13.9 Å². The third kappa shape index (κ3) is 4.75. The Labute approximate surface area is 355 Å². The predicted octanol–water partition coefficient (Wildman–Crippen LogP) is 15.4. The Morgan fingerprint density at radius 1 is 0.475 bits per heavy atom.